The fourth-order valence-electron chi connectivity index (χ4n) is 2.83. The molecule has 0 atom stereocenters. The fraction of sp³-hybridized carbons (Fsp3) is 0.0909. The third kappa shape index (κ3) is 4.61. The van der Waals surface area contributed by atoms with Crippen LogP contribution in [0.2, 0.25) is 0 Å². The van der Waals surface area contributed by atoms with Crippen LogP contribution < -0.4 is 10.2 Å². The summed E-state index contributed by atoms with van der Waals surface area (Å²) < 4.78 is 44.5. The van der Waals surface area contributed by atoms with E-state index in [0.29, 0.717) is 16.7 Å². The number of pyridine rings is 1. The smallest absolute Gasteiger partial charge is 0.433 e. The van der Waals surface area contributed by atoms with E-state index in [9.17, 15) is 13.2 Å². The lowest BCUT2D eigenvalue weighted by atomic mass is 10.2. The zero-order valence-corrected chi connectivity index (χ0v) is 16.3. The highest BCUT2D eigenvalue weighted by molar-refractivity contribution is 5.89. The molecule has 0 saturated carbocycles. The van der Waals surface area contributed by atoms with Gasteiger partial charge in [0, 0.05) is 5.56 Å². The van der Waals surface area contributed by atoms with Crippen molar-refractivity contribution in [3.63, 3.8) is 0 Å². The van der Waals surface area contributed by atoms with Gasteiger partial charge in [0.15, 0.2) is 17.3 Å². The number of hydrogen-bond donors (Lipinski definition) is 1. The first kappa shape index (κ1) is 20.3. The Bertz CT molecular complexity index is 1230. The van der Waals surface area contributed by atoms with Gasteiger partial charge in [-0.2, -0.15) is 18.3 Å². The highest BCUT2D eigenvalue weighted by atomic mass is 19.4. The number of benzene rings is 2. The van der Waals surface area contributed by atoms with Gasteiger partial charge in [-0.15, -0.1) is 0 Å². The number of nitrogens with one attached hydrogen (secondary N) is 1. The minimum Gasteiger partial charge on any atom is -0.497 e. The summed E-state index contributed by atoms with van der Waals surface area (Å²) in [5, 5.41) is 4.49. The Morgan fingerprint density at radius 1 is 0.903 bits per heavy atom. The van der Waals surface area contributed by atoms with Crippen LogP contribution in [-0.2, 0) is 6.18 Å². The van der Waals surface area contributed by atoms with Crippen molar-refractivity contribution in [2.24, 2.45) is 5.10 Å². The van der Waals surface area contributed by atoms with E-state index in [1.54, 1.807) is 49.7 Å². The quantitative estimate of drug-likeness (QED) is 0.354. The van der Waals surface area contributed by atoms with Crippen molar-refractivity contribution in [3.8, 4) is 17.1 Å². The van der Waals surface area contributed by atoms with Gasteiger partial charge in [-0.25, -0.2) is 15.0 Å². The van der Waals surface area contributed by atoms with Crippen molar-refractivity contribution in [2.45, 2.75) is 6.18 Å². The summed E-state index contributed by atoms with van der Waals surface area (Å²) in [7, 11) is 1.58. The second kappa shape index (κ2) is 8.39. The molecule has 0 unspecified atom stereocenters. The van der Waals surface area contributed by atoms with Gasteiger partial charge >= 0.3 is 6.18 Å². The third-order valence-electron chi connectivity index (χ3n) is 4.38. The molecule has 0 radical (unpaired) electrons. The Hall–Kier alpha value is -4.01. The number of alkyl halides is 3. The average Bonchev–Trinajstić information content (AvgIpc) is 2.79. The van der Waals surface area contributed by atoms with Crippen molar-refractivity contribution < 1.29 is 17.9 Å². The average molecular weight is 423 g/mol. The molecule has 4 aromatic rings. The second-order valence-electron chi connectivity index (χ2n) is 6.47. The van der Waals surface area contributed by atoms with Gasteiger partial charge in [-0.3, -0.25) is 5.43 Å². The number of ether oxygens (including phenoxy) is 1. The Labute approximate surface area is 175 Å². The van der Waals surface area contributed by atoms with Crippen LogP contribution in [0.1, 0.15) is 11.3 Å². The monoisotopic (exact) mass is 423 g/mol. The molecule has 4 rings (SSSR count). The molecule has 156 valence electrons. The maximum absolute atomic E-state index is 13.1. The molecule has 9 heteroatoms. The van der Waals surface area contributed by atoms with E-state index in [-0.39, 0.29) is 17.3 Å². The first-order valence-corrected chi connectivity index (χ1v) is 9.18. The topological polar surface area (TPSA) is 72.3 Å². The molecule has 0 aliphatic heterocycles. The first-order chi connectivity index (χ1) is 14.9. The van der Waals surface area contributed by atoms with E-state index >= 15 is 0 Å². The lowest BCUT2D eigenvalue weighted by Gasteiger charge is -2.10. The summed E-state index contributed by atoms with van der Waals surface area (Å²) in [4.78, 5) is 12.4. The molecule has 0 spiro atoms. The van der Waals surface area contributed by atoms with Crippen LogP contribution in [0.3, 0.4) is 0 Å². The number of anilines is 1. The van der Waals surface area contributed by atoms with E-state index < -0.39 is 11.9 Å². The minimum absolute atomic E-state index is 0.0779. The molecule has 31 heavy (non-hydrogen) atoms. The van der Waals surface area contributed by atoms with Gasteiger partial charge in [0.25, 0.3) is 0 Å². The fourth-order valence-corrected chi connectivity index (χ4v) is 2.83. The Balaban J connectivity index is 1.73. The minimum atomic E-state index is -4.58. The van der Waals surface area contributed by atoms with Gasteiger partial charge in [-0.1, -0.05) is 30.3 Å². The molecule has 2 heterocycles. The van der Waals surface area contributed by atoms with Gasteiger partial charge in [-0.05, 0) is 42.0 Å². The van der Waals surface area contributed by atoms with E-state index in [4.69, 9.17) is 4.74 Å². The second-order valence-corrected chi connectivity index (χ2v) is 6.47. The molecule has 0 fully saturated rings. The molecule has 0 saturated heterocycles. The van der Waals surface area contributed by atoms with Crippen molar-refractivity contribution in [1.82, 2.24) is 15.0 Å². The Morgan fingerprint density at radius 2 is 1.65 bits per heavy atom. The number of rotatable bonds is 5. The standard InChI is InChI=1S/C22H16F3N5O/c1-31-16-9-7-14(8-10-16)13-26-30-21-17-11-12-18(22(23,24)25)27-20(17)28-19(29-21)15-5-3-2-4-6-15/h2-13H,1H3,(H,27,28,29,30). The van der Waals surface area contributed by atoms with Crippen LogP contribution in [-0.4, -0.2) is 28.3 Å². The number of hydrogen-bond acceptors (Lipinski definition) is 6. The normalized spacial score (nSPS) is 11.7. The highest BCUT2D eigenvalue weighted by Crippen LogP contribution is 2.31. The number of nitrogens with zero attached hydrogens (tertiary/aromatic N) is 4. The van der Waals surface area contributed by atoms with Crippen molar-refractivity contribution in [3.05, 3.63) is 78.0 Å². The van der Waals surface area contributed by atoms with Crippen LogP contribution in [0.15, 0.2) is 71.8 Å². The largest absolute Gasteiger partial charge is 0.497 e. The summed E-state index contributed by atoms with van der Waals surface area (Å²) in [5.74, 6) is 1.20. The van der Waals surface area contributed by atoms with Crippen LogP contribution in [0.5, 0.6) is 5.75 Å². The predicted octanol–water partition coefficient (Wildman–Crippen LogP) is 5.17. The first-order valence-electron chi connectivity index (χ1n) is 9.18. The summed E-state index contributed by atoms with van der Waals surface area (Å²) in [6.45, 7) is 0. The molecule has 0 aliphatic rings. The van der Waals surface area contributed by atoms with Crippen molar-refractivity contribution >= 4 is 23.1 Å². The molecular weight excluding hydrogens is 407 g/mol. The molecule has 0 amide bonds. The van der Waals surface area contributed by atoms with E-state index in [2.05, 4.69) is 25.5 Å². The van der Waals surface area contributed by atoms with Gasteiger partial charge in [0.05, 0.1) is 18.7 Å². The van der Waals surface area contributed by atoms with Crippen LogP contribution >= 0.6 is 0 Å². The molecule has 1 N–H and O–H groups in total. The van der Waals surface area contributed by atoms with Crippen molar-refractivity contribution in [1.29, 1.82) is 0 Å². The van der Waals surface area contributed by atoms with Gasteiger partial charge in [0.1, 0.15) is 11.4 Å². The number of aromatic nitrogens is 3. The van der Waals surface area contributed by atoms with Crippen molar-refractivity contribution in [2.75, 3.05) is 12.5 Å². The molecule has 6 nitrogen and oxygen atoms in total. The Kier molecular flexibility index (Phi) is 5.48. The number of hydrazone groups is 1. The molecule has 0 bridgehead atoms. The highest BCUT2D eigenvalue weighted by Gasteiger charge is 2.33. The molecule has 2 aromatic carbocycles. The predicted molar refractivity (Wildman–Crippen MR) is 112 cm³/mol. The summed E-state index contributed by atoms with van der Waals surface area (Å²) in [6, 6.07) is 18.3. The molecule has 2 aromatic heterocycles. The van der Waals surface area contributed by atoms with Gasteiger partial charge < -0.3 is 4.74 Å². The lowest BCUT2D eigenvalue weighted by molar-refractivity contribution is -0.141. The zero-order chi connectivity index (χ0) is 21.8. The van der Waals surface area contributed by atoms with Crippen LogP contribution in [0.4, 0.5) is 19.0 Å². The summed E-state index contributed by atoms with van der Waals surface area (Å²) in [6.07, 6.45) is -3.01. The zero-order valence-electron chi connectivity index (χ0n) is 16.3. The van der Waals surface area contributed by atoms with Crippen LogP contribution in [0.25, 0.3) is 22.4 Å². The summed E-state index contributed by atoms with van der Waals surface area (Å²) in [5.41, 5.74) is 3.14. The van der Waals surface area contributed by atoms with E-state index in [1.807, 2.05) is 18.2 Å². The molecular formula is C22H16F3N5O. The summed E-state index contributed by atoms with van der Waals surface area (Å²) >= 11 is 0. The maximum atomic E-state index is 13.1. The SMILES string of the molecule is COc1ccc(C=NNc2nc(-c3ccccc3)nc3nc(C(F)(F)F)ccc23)cc1. The number of fused-ring (bicyclic) bond motifs is 1. The maximum Gasteiger partial charge on any atom is 0.433 e. The number of methoxy groups -OCH3 is 1. The third-order valence-corrected chi connectivity index (χ3v) is 4.38. The lowest BCUT2D eigenvalue weighted by Crippen LogP contribution is -2.09. The molecule has 0 aliphatic carbocycles. The van der Waals surface area contributed by atoms with Gasteiger partial charge in [0.2, 0.25) is 0 Å². The number of halogens is 3. The van der Waals surface area contributed by atoms with Crippen LogP contribution in [0, 0.1) is 0 Å². The Morgan fingerprint density at radius 3 is 2.32 bits per heavy atom. The van der Waals surface area contributed by atoms with E-state index in [1.165, 1.54) is 6.07 Å². The van der Waals surface area contributed by atoms with E-state index in [0.717, 1.165) is 11.6 Å².